The fourth-order valence-corrected chi connectivity index (χ4v) is 3.28. The molecule has 1 aliphatic carbocycles. The molecule has 3 unspecified atom stereocenters. The van der Waals surface area contributed by atoms with Gasteiger partial charge >= 0.3 is 0 Å². The van der Waals surface area contributed by atoms with E-state index in [9.17, 15) is 0 Å². The summed E-state index contributed by atoms with van der Waals surface area (Å²) in [5.74, 6) is 0.585. The van der Waals surface area contributed by atoms with Crippen molar-refractivity contribution in [3.05, 3.63) is 27.7 Å². The molecule has 0 spiro atoms. The van der Waals surface area contributed by atoms with Gasteiger partial charge in [-0.1, -0.05) is 12.2 Å². The Morgan fingerprint density at radius 3 is 2.82 bits per heavy atom. The Morgan fingerprint density at radius 1 is 1.53 bits per heavy atom. The van der Waals surface area contributed by atoms with E-state index in [-0.39, 0.29) is 6.04 Å². The van der Waals surface area contributed by atoms with Crippen LogP contribution in [0.5, 0.6) is 0 Å². The molecule has 94 valence electrons. The minimum atomic E-state index is 0.254. The fraction of sp³-hybridized carbons (Fsp3) is 0.615. The van der Waals surface area contributed by atoms with Crippen LogP contribution in [0.4, 0.5) is 0 Å². The quantitative estimate of drug-likeness (QED) is 0.807. The van der Waals surface area contributed by atoms with Crippen LogP contribution in [0.25, 0.3) is 0 Å². The highest BCUT2D eigenvalue weighted by molar-refractivity contribution is 7.11. The maximum absolute atomic E-state index is 5.85. The molecule has 1 aromatic rings. The van der Waals surface area contributed by atoms with Gasteiger partial charge in [-0.25, -0.2) is 4.98 Å². The molecular formula is C13H21N3S. The lowest BCUT2D eigenvalue weighted by molar-refractivity contribution is 0.486. The summed E-state index contributed by atoms with van der Waals surface area (Å²) < 4.78 is 0. The van der Waals surface area contributed by atoms with Crippen molar-refractivity contribution in [2.75, 3.05) is 6.54 Å². The van der Waals surface area contributed by atoms with Crippen molar-refractivity contribution in [1.29, 1.82) is 0 Å². The highest BCUT2D eigenvalue weighted by Gasteiger charge is 2.18. The van der Waals surface area contributed by atoms with Crippen LogP contribution in [0.15, 0.2) is 12.2 Å². The Labute approximate surface area is 107 Å². The fourth-order valence-electron chi connectivity index (χ4n) is 2.33. The third kappa shape index (κ3) is 3.15. The second-order valence-electron chi connectivity index (χ2n) is 4.86. The largest absolute Gasteiger partial charge is 0.324 e. The Kier molecular flexibility index (Phi) is 3.97. The van der Waals surface area contributed by atoms with Gasteiger partial charge in [0.15, 0.2) is 0 Å². The van der Waals surface area contributed by atoms with Crippen molar-refractivity contribution in [2.45, 2.75) is 39.3 Å². The van der Waals surface area contributed by atoms with Crippen LogP contribution in [0, 0.1) is 19.8 Å². The molecule has 0 aliphatic heterocycles. The van der Waals surface area contributed by atoms with E-state index >= 15 is 0 Å². The minimum absolute atomic E-state index is 0.254. The van der Waals surface area contributed by atoms with E-state index in [1.54, 1.807) is 11.3 Å². The molecule has 0 aromatic carbocycles. The summed E-state index contributed by atoms with van der Waals surface area (Å²) in [4.78, 5) is 5.82. The lowest BCUT2D eigenvalue weighted by Crippen LogP contribution is -2.26. The molecule has 17 heavy (non-hydrogen) atoms. The van der Waals surface area contributed by atoms with Gasteiger partial charge in [0.2, 0.25) is 0 Å². The van der Waals surface area contributed by atoms with E-state index < -0.39 is 0 Å². The first kappa shape index (κ1) is 12.7. The van der Waals surface area contributed by atoms with E-state index in [1.807, 2.05) is 0 Å². The first-order valence-corrected chi connectivity index (χ1v) is 6.99. The maximum atomic E-state index is 5.85. The summed E-state index contributed by atoms with van der Waals surface area (Å²) in [6.07, 6.45) is 5.41. The number of thiazole rings is 1. The van der Waals surface area contributed by atoms with Crippen LogP contribution < -0.4 is 11.1 Å². The zero-order chi connectivity index (χ0) is 12.4. The van der Waals surface area contributed by atoms with Gasteiger partial charge in [0, 0.05) is 23.5 Å². The molecule has 0 saturated carbocycles. The van der Waals surface area contributed by atoms with Crippen LogP contribution in [-0.2, 0) is 0 Å². The molecular weight excluding hydrogens is 230 g/mol. The lowest BCUT2D eigenvalue weighted by Gasteiger charge is -2.16. The third-order valence-corrected chi connectivity index (χ3v) is 4.48. The van der Waals surface area contributed by atoms with Crippen LogP contribution in [0.1, 0.15) is 35.0 Å². The summed E-state index contributed by atoms with van der Waals surface area (Å²) in [7, 11) is 0. The SMILES string of the molecule is Cc1nc(C)c(C(C)NCC2C=CC(N)C2)s1. The van der Waals surface area contributed by atoms with Crippen molar-refractivity contribution in [2.24, 2.45) is 11.7 Å². The maximum Gasteiger partial charge on any atom is 0.0900 e. The molecule has 3 atom stereocenters. The van der Waals surface area contributed by atoms with Crippen LogP contribution in [0.2, 0.25) is 0 Å². The average Bonchev–Trinajstić information content (AvgIpc) is 2.81. The molecule has 4 heteroatoms. The second kappa shape index (κ2) is 5.29. The molecule has 0 radical (unpaired) electrons. The topological polar surface area (TPSA) is 50.9 Å². The zero-order valence-corrected chi connectivity index (χ0v) is 11.6. The number of nitrogens with two attached hydrogens (primary N) is 1. The highest BCUT2D eigenvalue weighted by Crippen LogP contribution is 2.25. The van der Waals surface area contributed by atoms with Crippen LogP contribution in [-0.4, -0.2) is 17.6 Å². The molecule has 3 nitrogen and oxygen atoms in total. The molecule has 3 N–H and O–H groups in total. The third-order valence-electron chi connectivity index (χ3n) is 3.22. The van der Waals surface area contributed by atoms with Gasteiger partial charge in [-0.15, -0.1) is 11.3 Å². The van der Waals surface area contributed by atoms with E-state index in [0.717, 1.165) is 23.7 Å². The number of rotatable bonds is 4. The van der Waals surface area contributed by atoms with E-state index in [4.69, 9.17) is 5.73 Å². The summed E-state index contributed by atoms with van der Waals surface area (Å²) in [6, 6.07) is 0.635. The monoisotopic (exact) mass is 251 g/mol. The number of hydrogen-bond acceptors (Lipinski definition) is 4. The molecule has 0 saturated heterocycles. The molecule has 1 aliphatic rings. The molecule has 2 rings (SSSR count). The normalized spacial score (nSPS) is 25.4. The summed E-state index contributed by atoms with van der Waals surface area (Å²) >= 11 is 1.79. The standard InChI is InChI=1S/C13H21N3S/c1-8(13-9(2)16-10(3)17-13)15-7-11-4-5-12(14)6-11/h4-5,8,11-12,15H,6-7,14H2,1-3H3. The first-order valence-electron chi connectivity index (χ1n) is 6.17. The minimum Gasteiger partial charge on any atom is -0.324 e. The van der Waals surface area contributed by atoms with Crippen LogP contribution in [0.3, 0.4) is 0 Å². The predicted molar refractivity (Wildman–Crippen MR) is 73.2 cm³/mol. The number of aryl methyl sites for hydroxylation is 2. The number of aromatic nitrogens is 1. The van der Waals surface area contributed by atoms with Gasteiger partial charge in [-0.05, 0) is 33.1 Å². The van der Waals surface area contributed by atoms with Crippen molar-refractivity contribution >= 4 is 11.3 Å². The predicted octanol–water partition coefficient (Wildman–Crippen LogP) is 2.31. The summed E-state index contributed by atoms with van der Waals surface area (Å²) in [5.41, 5.74) is 7.01. The van der Waals surface area contributed by atoms with Gasteiger partial charge in [-0.3, -0.25) is 0 Å². The number of hydrogen-bond donors (Lipinski definition) is 2. The van der Waals surface area contributed by atoms with Crippen molar-refractivity contribution in [3.63, 3.8) is 0 Å². The molecule has 1 heterocycles. The Hall–Kier alpha value is -0.710. The van der Waals surface area contributed by atoms with Crippen molar-refractivity contribution in [1.82, 2.24) is 10.3 Å². The molecule has 0 amide bonds. The Balaban J connectivity index is 1.87. The second-order valence-corrected chi connectivity index (χ2v) is 6.09. The number of nitrogens with one attached hydrogen (secondary N) is 1. The lowest BCUT2D eigenvalue weighted by atomic mass is 10.1. The smallest absolute Gasteiger partial charge is 0.0900 e. The zero-order valence-electron chi connectivity index (χ0n) is 10.7. The van der Waals surface area contributed by atoms with E-state index in [1.165, 1.54) is 4.88 Å². The Morgan fingerprint density at radius 2 is 2.29 bits per heavy atom. The van der Waals surface area contributed by atoms with Crippen molar-refractivity contribution in [3.8, 4) is 0 Å². The molecule has 0 bridgehead atoms. The van der Waals surface area contributed by atoms with Crippen molar-refractivity contribution < 1.29 is 0 Å². The highest BCUT2D eigenvalue weighted by atomic mass is 32.1. The van der Waals surface area contributed by atoms with E-state index in [2.05, 4.69) is 43.2 Å². The van der Waals surface area contributed by atoms with Gasteiger partial charge in [0.05, 0.1) is 10.7 Å². The van der Waals surface area contributed by atoms with E-state index in [0.29, 0.717) is 12.0 Å². The van der Waals surface area contributed by atoms with Gasteiger partial charge in [0.1, 0.15) is 0 Å². The van der Waals surface area contributed by atoms with Crippen LogP contribution >= 0.6 is 11.3 Å². The summed E-state index contributed by atoms with van der Waals surface area (Å²) in [5, 5.41) is 4.73. The molecule has 0 fully saturated rings. The van der Waals surface area contributed by atoms with Gasteiger partial charge in [-0.2, -0.15) is 0 Å². The number of nitrogens with zero attached hydrogens (tertiary/aromatic N) is 1. The Bertz CT molecular complexity index is 411. The first-order chi connectivity index (χ1) is 8.06. The van der Waals surface area contributed by atoms with Gasteiger partial charge < -0.3 is 11.1 Å². The summed E-state index contributed by atoms with van der Waals surface area (Å²) in [6.45, 7) is 7.36. The average molecular weight is 251 g/mol. The van der Waals surface area contributed by atoms with Gasteiger partial charge in [0.25, 0.3) is 0 Å². The molecule has 1 aromatic heterocycles.